The Kier molecular flexibility index (Phi) is 3.09. The summed E-state index contributed by atoms with van der Waals surface area (Å²) in [6, 6.07) is 10.5. The molecule has 0 N–H and O–H groups in total. The highest BCUT2D eigenvalue weighted by Crippen LogP contribution is 2.13. The second kappa shape index (κ2) is 4.10. The molecular weight excluding hydrogens is 144 g/mol. The molecule has 0 atom stereocenters. The molecule has 0 unspecified atom stereocenters. The quantitative estimate of drug-likeness (QED) is 0.594. The Morgan fingerprint density at radius 1 is 1.25 bits per heavy atom. The van der Waals surface area contributed by atoms with E-state index in [1.807, 2.05) is 6.07 Å². The summed E-state index contributed by atoms with van der Waals surface area (Å²) >= 11 is 0. The first-order valence-electron chi connectivity index (χ1n) is 4.41. The molecule has 0 amide bonds. The van der Waals surface area contributed by atoms with Gasteiger partial charge in [-0.15, -0.1) is 0 Å². The van der Waals surface area contributed by atoms with E-state index < -0.39 is 0 Å². The van der Waals surface area contributed by atoms with Crippen molar-refractivity contribution in [3.8, 4) is 0 Å². The Morgan fingerprint density at radius 2 is 1.83 bits per heavy atom. The topological polar surface area (TPSA) is 0 Å². The van der Waals surface area contributed by atoms with Gasteiger partial charge in [0.15, 0.2) is 0 Å². The first-order valence-corrected chi connectivity index (χ1v) is 4.41. The van der Waals surface area contributed by atoms with Crippen LogP contribution in [0, 0.1) is 5.92 Å². The zero-order valence-electron chi connectivity index (χ0n) is 7.88. The van der Waals surface area contributed by atoms with Crippen LogP contribution in [0.4, 0.5) is 0 Å². The minimum absolute atomic E-state index is 0.588. The maximum Gasteiger partial charge on any atom is -0.00672 e. The summed E-state index contributed by atoms with van der Waals surface area (Å²) in [7, 11) is 0. The predicted molar refractivity (Wildman–Crippen MR) is 54.1 cm³/mol. The molecule has 0 saturated heterocycles. The van der Waals surface area contributed by atoms with Gasteiger partial charge in [-0.1, -0.05) is 56.3 Å². The highest BCUT2D eigenvalue weighted by Gasteiger charge is 2.00. The SMILES string of the molecule is C=C(Cc1ccccc1)C(C)C. The van der Waals surface area contributed by atoms with Crippen LogP contribution in [0.1, 0.15) is 19.4 Å². The predicted octanol–water partition coefficient (Wildman–Crippen LogP) is 3.44. The highest BCUT2D eigenvalue weighted by molar-refractivity contribution is 5.20. The normalized spacial score (nSPS) is 10.2. The molecule has 12 heavy (non-hydrogen) atoms. The minimum atomic E-state index is 0.588. The fourth-order valence-electron chi connectivity index (χ4n) is 1.06. The van der Waals surface area contributed by atoms with Gasteiger partial charge in [0.1, 0.15) is 0 Å². The van der Waals surface area contributed by atoms with Gasteiger partial charge < -0.3 is 0 Å². The molecule has 0 spiro atoms. The lowest BCUT2D eigenvalue weighted by Crippen LogP contribution is -1.96. The second-order valence-electron chi connectivity index (χ2n) is 3.48. The third-order valence-electron chi connectivity index (χ3n) is 2.09. The molecule has 0 fully saturated rings. The van der Waals surface area contributed by atoms with E-state index in [4.69, 9.17) is 0 Å². The van der Waals surface area contributed by atoms with Crippen molar-refractivity contribution in [2.24, 2.45) is 5.92 Å². The summed E-state index contributed by atoms with van der Waals surface area (Å²) in [6.45, 7) is 8.42. The lowest BCUT2D eigenvalue weighted by atomic mass is 9.98. The molecule has 0 aliphatic rings. The molecule has 0 heteroatoms. The number of rotatable bonds is 3. The van der Waals surface area contributed by atoms with Crippen LogP contribution >= 0.6 is 0 Å². The average Bonchev–Trinajstić information content (AvgIpc) is 2.06. The summed E-state index contributed by atoms with van der Waals surface area (Å²) in [5.74, 6) is 0.588. The van der Waals surface area contributed by atoms with Gasteiger partial charge in [0.25, 0.3) is 0 Å². The monoisotopic (exact) mass is 160 g/mol. The maximum atomic E-state index is 4.05. The largest absolute Gasteiger partial charge is 0.0993 e. The fraction of sp³-hybridized carbons (Fsp3) is 0.333. The molecule has 0 saturated carbocycles. The number of allylic oxidation sites excluding steroid dienone is 1. The van der Waals surface area contributed by atoms with Crippen LogP contribution in [-0.2, 0) is 6.42 Å². The van der Waals surface area contributed by atoms with E-state index >= 15 is 0 Å². The summed E-state index contributed by atoms with van der Waals surface area (Å²) in [6.07, 6.45) is 1.01. The van der Waals surface area contributed by atoms with Crippen molar-refractivity contribution in [2.75, 3.05) is 0 Å². The van der Waals surface area contributed by atoms with Gasteiger partial charge >= 0.3 is 0 Å². The Bertz CT molecular complexity index is 244. The van der Waals surface area contributed by atoms with Gasteiger partial charge in [0.2, 0.25) is 0 Å². The van der Waals surface area contributed by atoms with Crippen molar-refractivity contribution in [1.29, 1.82) is 0 Å². The van der Waals surface area contributed by atoms with Crippen molar-refractivity contribution in [3.05, 3.63) is 48.0 Å². The van der Waals surface area contributed by atoms with Crippen molar-refractivity contribution in [3.63, 3.8) is 0 Å². The summed E-state index contributed by atoms with van der Waals surface area (Å²) in [5.41, 5.74) is 2.66. The molecular formula is C12H16. The van der Waals surface area contributed by atoms with Crippen molar-refractivity contribution in [1.82, 2.24) is 0 Å². The van der Waals surface area contributed by atoms with E-state index in [0.29, 0.717) is 5.92 Å². The molecule has 0 bridgehead atoms. The van der Waals surface area contributed by atoms with Gasteiger partial charge in [-0.25, -0.2) is 0 Å². The second-order valence-corrected chi connectivity index (χ2v) is 3.48. The van der Waals surface area contributed by atoms with Crippen LogP contribution in [0.2, 0.25) is 0 Å². The van der Waals surface area contributed by atoms with E-state index in [2.05, 4.69) is 44.7 Å². The first-order chi connectivity index (χ1) is 5.70. The van der Waals surface area contributed by atoms with Crippen LogP contribution in [0.5, 0.6) is 0 Å². The molecule has 64 valence electrons. The molecule has 0 nitrogen and oxygen atoms in total. The molecule has 1 aromatic carbocycles. The molecule has 0 aromatic heterocycles. The summed E-state index contributed by atoms with van der Waals surface area (Å²) in [4.78, 5) is 0. The van der Waals surface area contributed by atoms with Crippen molar-refractivity contribution >= 4 is 0 Å². The Morgan fingerprint density at radius 3 is 2.33 bits per heavy atom. The van der Waals surface area contributed by atoms with E-state index in [-0.39, 0.29) is 0 Å². The van der Waals surface area contributed by atoms with E-state index in [1.165, 1.54) is 11.1 Å². The van der Waals surface area contributed by atoms with Gasteiger partial charge in [-0.3, -0.25) is 0 Å². The van der Waals surface area contributed by atoms with E-state index in [0.717, 1.165) is 6.42 Å². The van der Waals surface area contributed by atoms with E-state index in [9.17, 15) is 0 Å². The Balaban J connectivity index is 2.59. The third-order valence-corrected chi connectivity index (χ3v) is 2.09. The Hall–Kier alpha value is -1.04. The molecule has 0 radical (unpaired) electrons. The van der Waals surface area contributed by atoms with Gasteiger partial charge in [-0.05, 0) is 17.9 Å². The first kappa shape index (κ1) is 9.05. The lowest BCUT2D eigenvalue weighted by molar-refractivity contribution is 0.745. The maximum absolute atomic E-state index is 4.05. The standard InChI is InChI=1S/C12H16/c1-10(2)11(3)9-12-7-5-4-6-8-12/h4-8,10H,3,9H2,1-2H3. The zero-order valence-corrected chi connectivity index (χ0v) is 7.88. The molecule has 1 aromatic rings. The van der Waals surface area contributed by atoms with Crippen LogP contribution in [0.3, 0.4) is 0 Å². The van der Waals surface area contributed by atoms with Crippen molar-refractivity contribution < 1.29 is 0 Å². The van der Waals surface area contributed by atoms with Crippen LogP contribution in [0.15, 0.2) is 42.5 Å². The van der Waals surface area contributed by atoms with E-state index in [1.54, 1.807) is 0 Å². The lowest BCUT2D eigenvalue weighted by Gasteiger charge is -2.08. The van der Waals surface area contributed by atoms with Gasteiger partial charge in [0.05, 0.1) is 0 Å². The summed E-state index contributed by atoms with van der Waals surface area (Å²) in [5, 5.41) is 0. The van der Waals surface area contributed by atoms with Crippen LogP contribution in [-0.4, -0.2) is 0 Å². The summed E-state index contributed by atoms with van der Waals surface area (Å²) < 4.78 is 0. The van der Waals surface area contributed by atoms with Crippen LogP contribution < -0.4 is 0 Å². The van der Waals surface area contributed by atoms with Gasteiger partial charge in [0, 0.05) is 0 Å². The molecule has 0 heterocycles. The number of hydrogen-bond acceptors (Lipinski definition) is 0. The smallest absolute Gasteiger partial charge is 0.00672 e. The molecule has 0 aliphatic carbocycles. The van der Waals surface area contributed by atoms with Crippen molar-refractivity contribution in [2.45, 2.75) is 20.3 Å². The molecule has 0 aliphatic heterocycles. The molecule has 1 rings (SSSR count). The zero-order chi connectivity index (χ0) is 8.97. The van der Waals surface area contributed by atoms with Crippen LogP contribution in [0.25, 0.3) is 0 Å². The average molecular weight is 160 g/mol. The minimum Gasteiger partial charge on any atom is -0.0993 e. The number of hydrogen-bond donors (Lipinski definition) is 0. The fourth-order valence-corrected chi connectivity index (χ4v) is 1.06. The Labute approximate surface area is 74.9 Å². The third kappa shape index (κ3) is 2.54. The van der Waals surface area contributed by atoms with Gasteiger partial charge in [-0.2, -0.15) is 0 Å². The number of benzene rings is 1. The highest BCUT2D eigenvalue weighted by atomic mass is 14.1.